The SMILES string of the molecule is O=C(O)c1ccc(-c2cc(C(F)(F)F)ccc2C2CCOc3cc(SNc4ncc(F)cn4)ccc32)cc1. The first-order valence-electron chi connectivity index (χ1n) is 11.4. The first kappa shape index (κ1) is 25.5. The average molecular weight is 542 g/mol. The molecule has 0 bridgehead atoms. The van der Waals surface area contributed by atoms with E-state index in [4.69, 9.17) is 4.74 Å². The minimum atomic E-state index is -4.53. The summed E-state index contributed by atoms with van der Waals surface area (Å²) in [5.41, 5.74) is 1.63. The van der Waals surface area contributed by atoms with Crippen LogP contribution in [0.5, 0.6) is 5.75 Å². The quantitative estimate of drug-likeness (QED) is 0.200. The number of hydrogen-bond acceptors (Lipinski definition) is 6. The van der Waals surface area contributed by atoms with Gasteiger partial charge in [-0.15, -0.1) is 0 Å². The van der Waals surface area contributed by atoms with Gasteiger partial charge in [0.15, 0.2) is 5.82 Å². The van der Waals surface area contributed by atoms with Crippen molar-refractivity contribution in [2.24, 2.45) is 0 Å². The van der Waals surface area contributed by atoms with Gasteiger partial charge in [-0.25, -0.2) is 19.2 Å². The minimum absolute atomic E-state index is 0.0448. The van der Waals surface area contributed by atoms with Gasteiger partial charge in [0.1, 0.15) is 5.75 Å². The molecule has 0 amide bonds. The van der Waals surface area contributed by atoms with E-state index in [0.717, 1.165) is 35.0 Å². The number of rotatable bonds is 6. The van der Waals surface area contributed by atoms with E-state index in [9.17, 15) is 27.5 Å². The molecule has 6 nitrogen and oxygen atoms in total. The number of benzene rings is 3. The molecule has 2 heterocycles. The standard InChI is InChI=1S/C27H19F4N3O3S/c28-18-13-32-26(33-14-18)34-38-19-6-8-22-21(9-10-37-24(22)12-19)20-7-5-17(27(29,30)31)11-23(20)15-1-3-16(4-2-15)25(35)36/h1-8,11-14,21H,9-10H2,(H,35,36)(H,32,33,34). The number of fused-ring (bicyclic) bond motifs is 1. The molecular weight excluding hydrogens is 522 g/mol. The van der Waals surface area contributed by atoms with Crippen molar-refractivity contribution in [1.29, 1.82) is 0 Å². The highest BCUT2D eigenvalue weighted by molar-refractivity contribution is 8.00. The molecule has 5 rings (SSSR count). The van der Waals surface area contributed by atoms with Gasteiger partial charge in [0.2, 0.25) is 5.95 Å². The molecule has 0 aliphatic carbocycles. The highest BCUT2D eigenvalue weighted by atomic mass is 32.2. The van der Waals surface area contributed by atoms with Crippen LogP contribution in [0.25, 0.3) is 11.1 Å². The highest BCUT2D eigenvalue weighted by Crippen LogP contribution is 2.44. The third-order valence-corrected chi connectivity index (χ3v) is 6.88. The molecule has 11 heteroatoms. The number of hydrogen-bond donors (Lipinski definition) is 2. The lowest BCUT2D eigenvalue weighted by molar-refractivity contribution is -0.137. The molecular formula is C27H19F4N3O3S. The smallest absolute Gasteiger partial charge is 0.416 e. The van der Waals surface area contributed by atoms with Gasteiger partial charge in [0.05, 0.1) is 30.1 Å². The number of nitrogens with one attached hydrogen (secondary N) is 1. The van der Waals surface area contributed by atoms with Crippen LogP contribution in [0.15, 0.2) is 78.0 Å². The van der Waals surface area contributed by atoms with Crippen LogP contribution in [0.1, 0.15) is 39.4 Å². The Bertz CT molecular complexity index is 1480. The zero-order valence-corrected chi connectivity index (χ0v) is 20.3. The van der Waals surface area contributed by atoms with Crippen LogP contribution < -0.4 is 9.46 Å². The number of nitrogens with zero attached hydrogens (tertiary/aromatic N) is 2. The Kier molecular flexibility index (Phi) is 6.94. The van der Waals surface area contributed by atoms with E-state index in [1.807, 2.05) is 18.2 Å². The second-order valence-corrected chi connectivity index (χ2v) is 9.38. The van der Waals surface area contributed by atoms with Crippen molar-refractivity contribution in [2.45, 2.75) is 23.4 Å². The molecule has 194 valence electrons. The molecule has 4 aromatic rings. The maximum absolute atomic E-state index is 13.6. The maximum Gasteiger partial charge on any atom is 0.416 e. The summed E-state index contributed by atoms with van der Waals surface area (Å²) in [5.74, 6) is -1.08. The summed E-state index contributed by atoms with van der Waals surface area (Å²) in [6.07, 6.45) is -1.89. The number of carbonyl (C=O) groups is 1. The lowest BCUT2D eigenvalue weighted by Crippen LogP contribution is -2.16. The average Bonchev–Trinajstić information content (AvgIpc) is 2.91. The molecule has 1 aliphatic heterocycles. The van der Waals surface area contributed by atoms with Crippen molar-refractivity contribution in [3.63, 3.8) is 0 Å². The topological polar surface area (TPSA) is 84.3 Å². The molecule has 1 aromatic heterocycles. The normalized spacial score (nSPS) is 14.9. The first-order valence-corrected chi connectivity index (χ1v) is 12.2. The molecule has 38 heavy (non-hydrogen) atoms. The second-order valence-electron chi connectivity index (χ2n) is 8.50. The van der Waals surface area contributed by atoms with E-state index in [1.165, 1.54) is 42.3 Å². The monoisotopic (exact) mass is 541 g/mol. The Morgan fingerprint density at radius 2 is 1.71 bits per heavy atom. The van der Waals surface area contributed by atoms with Crippen LogP contribution in [0, 0.1) is 5.82 Å². The summed E-state index contributed by atoms with van der Waals surface area (Å²) < 4.78 is 62.6. The maximum atomic E-state index is 13.6. The zero-order chi connectivity index (χ0) is 26.9. The van der Waals surface area contributed by atoms with Crippen LogP contribution in [0.4, 0.5) is 23.5 Å². The minimum Gasteiger partial charge on any atom is -0.493 e. The Balaban J connectivity index is 1.49. The number of aromatic nitrogens is 2. The Hall–Kier alpha value is -4.12. The summed E-state index contributed by atoms with van der Waals surface area (Å²) in [4.78, 5) is 19.7. The number of carboxylic acids is 1. The number of carboxylic acid groups (broad SMARTS) is 1. The molecule has 0 fully saturated rings. The van der Waals surface area contributed by atoms with Gasteiger partial charge in [-0.1, -0.05) is 24.3 Å². The first-order chi connectivity index (χ1) is 18.2. The number of ether oxygens (including phenoxy) is 1. The van der Waals surface area contributed by atoms with E-state index < -0.39 is 23.5 Å². The van der Waals surface area contributed by atoms with E-state index in [1.54, 1.807) is 0 Å². The second kappa shape index (κ2) is 10.3. The highest BCUT2D eigenvalue weighted by Gasteiger charge is 2.33. The molecule has 3 aromatic carbocycles. The third kappa shape index (κ3) is 5.42. The zero-order valence-electron chi connectivity index (χ0n) is 19.5. The van der Waals surface area contributed by atoms with Gasteiger partial charge in [-0.3, -0.25) is 4.72 Å². The predicted octanol–water partition coefficient (Wildman–Crippen LogP) is 7.03. The lowest BCUT2D eigenvalue weighted by Gasteiger charge is -2.29. The summed E-state index contributed by atoms with van der Waals surface area (Å²) >= 11 is 1.21. The molecule has 0 spiro atoms. The summed E-state index contributed by atoms with van der Waals surface area (Å²) in [6.45, 7) is 0.360. The van der Waals surface area contributed by atoms with Gasteiger partial charge >= 0.3 is 12.1 Å². The van der Waals surface area contributed by atoms with E-state index >= 15 is 0 Å². The van der Waals surface area contributed by atoms with Crippen LogP contribution in [0.2, 0.25) is 0 Å². The lowest BCUT2D eigenvalue weighted by atomic mass is 9.82. The van der Waals surface area contributed by atoms with Gasteiger partial charge < -0.3 is 9.84 Å². The molecule has 0 saturated carbocycles. The number of alkyl halides is 3. The van der Waals surface area contributed by atoms with Crippen molar-refractivity contribution in [3.8, 4) is 16.9 Å². The molecule has 1 aliphatic rings. The fourth-order valence-corrected chi connectivity index (χ4v) is 4.92. The van der Waals surface area contributed by atoms with Crippen molar-refractivity contribution in [3.05, 3.63) is 101 Å². The van der Waals surface area contributed by atoms with Gasteiger partial charge in [0.25, 0.3) is 0 Å². The van der Waals surface area contributed by atoms with Gasteiger partial charge in [-0.05, 0) is 71.5 Å². The molecule has 1 atom stereocenters. The molecule has 0 saturated heterocycles. The number of halogens is 4. The third-order valence-electron chi connectivity index (χ3n) is 6.10. The van der Waals surface area contributed by atoms with Gasteiger partial charge in [-0.2, -0.15) is 13.2 Å². The van der Waals surface area contributed by atoms with Crippen LogP contribution >= 0.6 is 11.9 Å². The van der Waals surface area contributed by atoms with E-state index in [2.05, 4.69) is 14.7 Å². The molecule has 1 unspecified atom stereocenters. The van der Waals surface area contributed by atoms with Crippen LogP contribution in [0.3, 0.4) is 0 Å². The Labute approximate surface area is 218 Å². The van der Waals surface area contributed by atoms with Crippen LogP contribution in [-0.2, 0) is 6.18 Å². The summed E-state index contributed by atoms with van der Waals surface area (Å²) in [5, 5.41) is 9.21. The van der Waals surface area contributed by atoms with Crippen molar-refractivity contribution >= 4 is 23.9 Å². The van der Waals surface area contributed by atoms with Crippen molar-refractivity contribution in [2.75, 3.05) is 11.3 Å². The van der Waals surface area contributed by atoms with Crippen molar-refractivity contribution in [1.82, 2.24) is 9.97 Å². The largest absolute Gasteiger partial charge is 0.493 e. The van der Waals surface area contributed by atoms with E-state index in [-0.39, 0.29) is 17.4 Å². The fraction of sp³-hybridized carbons (Fsp3) is 0.148. The summed E-state index contributed by atoms with van der Waals surface area (Å²) in [6, 6.07) is 15.0. The number of aromatic carboxylic acids is 1. The molecule has 2 N–H and O–H groups in total. The fourth-order valence-electron chi connectivity index (χ4n) is 4.30. The Morgan fingerprint density at radius 1 is 1.00 bits per heavy atom. The van der Waals surface area contributed by atoms with Crippen LogP contribution in [-0.4, -0.2) is 27.7 Å². The number of anilines is 1. The van der Waals surface area contributed by atoms with E-state index in [0.29, 0.717) is 35.5 Å². The summed E-state index contributed by atoms with van der Waals surface area (Å²) in [7, 11) is 0. The molecule has 0 radical (unpaired) electrons. The Morgan fingerprint density at radius 3 is 2.39 bits per heavy atom. The predicted molar refractivity (Wildman–Crippen MR) is 134 cm³/mol. The van der Waals surface area contributed by atoms with Crippen molar-refractivity contribution < 1.29 is 32.2 Å². The van der Waals surface area contributed by atoms with Gasteiger partial charge in [0, 0.05) is 16.4 Å².